The minimum Gasteiger partial charge on any atom is -0.495 e. The summed E-state index contributed by atoms with van der Waals surface area (Å²) in [5.41, 5.74) is -0.0563. The zero-order valence-electron chi connectivity index (χ0n) is 10.4. The molecule has 0 bridgehead atoms. The summed E-state index contributed by atoms with van der Waals surface area (Å²) < 4.78 is 18.1. The molecule has 0 saturated carbocycles. The predicted molar refractivity (Wildman–Crippen MR) is 64.9 cm³/mol. The summed E-state index contributed by atoms with van der Waals surface area (Å²) >= 11 is 0. The normalized spacial score (nSPS) is 10.9. The maximum absolute atomic E-state index is 13.0. The first kappa shape index (κ1) is 13.3. The van der Waals surface area contributed by atoms with Gasteiger partial charge in [0.1, 0.15) is 11.6 Å². The van der Waals surface area contributed by atoms with Gasteiger partial charge < -0.3 is 15.4 Å². The number of methoxy groups -OCH3 is 1. The molecule has 0 fully saturated rings. The molecule has 0 heterocycles. The van der Waals surface area contributed by atoms with E-state index in [1.807, 2.05) is 20.8 Å². The van der Waals surface area contributed by atoms with Crippen LogP contribution in [0.5, 0.6) is 5.75 Å². The van der Waals surface area contributed by atoms with Crippen molar-refractivity contribution in [1.82, 2.24) is 5.32 Å². The minimum absolute atomic E-state index is 0.300. The maximum atomic E-state index is 13.0. The fraction of sp³-hybridized carbons (Fsp3) is 0.417. The number of benzene rings is 1. The van der Waals surface area contributed by atoms with Crippen LogP contribution >= 0.6 is 0 Å². The van der Waals surface area contributed by atoms with Gasteiger partial charge in [0.15, 0.2) is 0 Å². The van der Waals surface area contributed by atoms with Gasteiger partial charge in [-0.2, -0.15) is 0 Å². The zero-order valence-corrected chi connectivity index (χ0v) is 10.4. The molecule has 1 aromatic rings. The van der Waals surface area contributed by atoms with Crippen LogP contribution in [0.4, 0.5) is 14.9 Å². The molecule has 0 aliphatic carbocycles. The van der Waals surface area contributed by atoms with Crippen LogP contribution in [-0.4, -0.2) is 18.7 Å². The van der Waals surface area contributed by atoms with E-state index in [9.17, 15) is 9.18 Å². The number of urea groups is 1. The number of halogens is 1. The fourth-order valence-corrected chi connectivity index (χ4v) is 1.27. The largest absolute Gasteiger partial charge is 0.495 e. The number of carbonyl (C=O) groups excluding carboxylic acids is 1. The molecule has 17 heavy (non-hydrogen) atoms. The van der Waals surface area contributed by atoms with E-state index in [0.717, 1.165) is 0 Å². The summed E-state index contributed by atoms with van der Waals surface area (Å²) in [6, 6.07) is 3.54. The van der Waals surface area contributed by atoms with E-state index >= 15 is 0 Å². The summed E-state index contributed by atoms with van der Waals surface area (Å²) in [5, 5.41) is 5.25. The van der Waals surface area contributed by atoms with Crippen molar-refractivity contribution in [3.63, 3.8) is 0 Å². The standard InChI is InChI=1S/C12H17FN2O2/c1-12(2,3)15-11(16)14-9-7-8(13)5-6-10(9)17-4/h5-7H,1-4H3,(H2,14,15,16). The van der Waals surface area contributed by atoms with Gasteiger partial charge in [-0.25, -0.2) is 9.18 Å². The lowest BCUT2D eigenvalue weighted by molar-refractivity contribution is 0.243. The third kappa shape index (κ3) is 4.30. The van der Waals surface area contributed by atoms with Crippen LogP contribution in [-0.2, 0) is 0 Å². The van der Waals surface area contributed by atoms with Gasteiger partial charge in [0.05, 0.1) is 12.8 Å². The Labute approximate surface area is 100 Å². The van der Waals surface area contributed by atoms with Gasteiger partial charge in [-0.3, -0.25) is 0 Å². The van der Waals surface area contributed by atoms with Gasteiger partial charge in [-0.1, -0.05) is 0 Å². The summed E-state index contributed by atoms with van der Waals surface area (Å²) in [6.45, 7) is 5.57. The second-order valence-corrected chi connectivity index (χ2v) is 4.67. The minimum atomic E-state index is -0.433. The van der Waals surface area contributed by atoms with Crippen molar-refractivity contribution in [3.05, 3.63) is 24.0 Å². The van der Waals surface area contributed by atoms with Crippen LogP contribution in [0.1, 0.15) is 20.8 Å². The quantitative estimate of drug-likeness (QED) is 0.835. The van der Waals surface area contributed by atoms with E-state index in [0.29, 0.717) is 11.4 Å². The summed E-state index contributed by atoms with van der Waals surface area (Å²) in [4.78, 5) is 11.6. The Kier molecular flexibility index (Phi) is 3.93. The van der Waals surface area contributed by atoms with E-state index in [4.69, 9.17) is 4.74 Å². The lowest BCUT2D eigenvalue weighted by Crippen LogP contribution is -2.43. The SMILES string of the molecule is COc1ccc(F)cc1NC(=O)NC(C)(C)C. The fourth-order valence-electron chi connectivity index (χ4n) is 1.27. The Balaban J connectivity index is 2.80. The second-order valence-electron chi connectivity index (χ2n) is 4.67. The Morgan fingerprint density at radius 3 is 2.53 bits per heavy atom. The summed E-state index contributed by atoms with van der Waals surface area (Å²) in [5.74, 6) is -0.0210. The van der Waals surface area contributed by atoms with Crippen LogP contribution in [0, 0.1) is 5.82 Å². The first-order valence-corrected chi connectivity index (χ1v) is 5.24. The average Bonchev–Trinajstić information content (AvgIpc) is 2.14. The number of ether oxygens (including phenoxy) is 1. The van der Waals surface area contributed by atoms with Crippen LogP contribution in [0.25, 0.3) is 0 Å². The van der Waals surface area contributed by atoms with Gasteiger partial charge in [-0.15, -0.1) is 0 Å². The molecule has 0 aliphatic heterocycles. The van der Waals surface area contributed by atoms with Gasteiger partial charge in [-0.05, 0) is 32.9 Å². The van der Waals surface area contributed by atoms with Gasteiger partial charge in [0.25, 0.3) is 0 Å². The number of hydrogen-bond acceptors (Lipinski definition) is 2. The Hall–Kier alpha value is -1.78. The van der Waals surface area contributed by atoms with E-state index < -0.39 is 11.8 Å². The number of hydrogen-bond donors (Lipinski definition) is 2. The van der Waals surface area contributed by atoms with E-state index in [2.05, 4.69) is 10.6 Å². The van der Waals surface area contributed by atoms with Crippen molar-refractivity contribution >= 4 is 11.7 Å². The zero-order chi connectivity index (χ0) is 13.1. The van der Waals surface area contributed by atoms with E-state index in [1.165, 1.54) is 25.3 Å². The van der Waals surface area contributed by atoms with Gasteiger partial charge in [0.2, 0.25) is 0 Å². The Bertz CT molecular complexity index is 413. The van der Waals surface area contributed by atoms with Gasteiger partial charge >= 0.3 is 6.03 Å². The molecular formula is C12H17FN2O2. The number of carbonyl (C=O) groups is 1. The highest BCUT2D eigenvalue weighted by Gasteiger charge is 2.15. The molecule has 0 unspecified atom stereocenters. The van der Waals surface area contributed by atoms with Crippen LogP contribution in [0.3, 0.4) is 0 Å². The molecule has 0 atom stereocenters. The smallest absolute Gasteiger partial charge is 0.319 e. The maximum Gasteiger partial charge on any atom is 0.319 e. The molecule has 1 rings (SSSR count). The monoisotopic (exact) mass is 240 g/mol. The van der Waals surface area contributed by atoms with Crippen molar-refractivity contribution in [2.45, 2.75) is 26.3 Å². The molecule has 0 spiro atoms. The molecule has 0 radical (unpaired) electrons. The summed E-state index contributed by atoms with van der Waals surface area (Å²) in [7, 11) is 1.46. The predicted octanol–water partition coefficient (Wildman–Crippen LogP) is 2.75. The number of rotatable bonds is 2. The summed E-state index contributed by atoms with van der Waals surface area (Å²) in [6.07, 6.45) is 0. The van der Waals surface area contributed by atoms with E-state index in [-0.39, 0.29) is 5.54 Å². The molecule has 4 nitrogen and oxygen atoms in total. The highest BCUT2D eigenvalue weighted by Crippen LogP contribution is 2.24. The molecule has 94 valence electrons. The molecule has 0 aliphatic rings. The Morgan fingerprint density at radius 2 is 2.00 bits per heavy atom. The third-order valence-electron chi connectivity index (χ3n) is 1.90. The highest BCUT2D eigenvalue weighted by molar-refractivity contribution is 5.91. The Morgan fingerprint density at radius 1 is 1.35 bits per heavy atom. The molecule has 5 heteroatoms. The van der Waals surface area contributed by atoms with Gasteiger partial charge in [0, 0.05) is 11.6 Å². The average molecular weight is 240 g/mol. The molecule has 0 saturated heterocycles. The number of anilines is 1. The van der Waals surface area contributed by atoms with Crippen LogP contribution in [0.15, 0.2) is 18.2 Å². The van der Waals surface area contributed by atoms with Crippen molar-refractivity contribution < 1.29 is 13.9 Å². The number of amides is 2. The van der Waals surface area contributed by atoms with Crippen LogP contribution < -0.4 is 15.4 Å². The lowest BCUT2D eigenvalue weighted by atomic mass is 10.1. The van der Waals surface area contributed by atoms with Crippen molar-refractivity contribution in [2.75, 3.05) is 12.4 Å². The van der Waals surface area contributed by atoms with Crippen molar-refractivity contribution in [3.8, 4) is 5.75 Å². The highest BCUT2D eigenvalue weighted by atomic mass is 19.1. The second kappa shape index (κ2) is 5.03. The topological polar surface area (TPSA) is 50.4 Å². The molecule has 2 amide bonds. The molecule has 0 aromatic heterocycles. The third-order valence-corrected chi connectivity index (χ3v) is 1.90. The van der Waals surface area contributed by atoms with E-state index in [1.54, 1.807) is 0 Å². The molecule has 1 aromatic carbocycles. The van der Waals surface area contributed by atoms with Crippen molar-refractivity contribution in [2.24, 2.45) is 0 Å². The number of nitrogens with one attached hydrogen (secondary N) is 2. The van der Waals surface area contributed by atoms with Crippen LogP contribution in [0.2, 0.25) is 0 Å². The van der Waals surface area contributed by atoms with Crippen molar-refractivity contribution in [1.29, 1.82) is 0 Å². The molecular weight excluding hydrogens is 223 g/mol. The lowest BCUT2D eigenvalue weighted by Gasteiger charge is -2.21. The molecule has 2 N–H and O–H groups in total. The first-order valence-electron chi connectivity index (χ1n) is 5.24. The first-order chi connectivity index (χ1) is 7.81.